The molecule has 0 bridgehead atoms. The Morgan fingerprint density at radius 3 is 2.60 bits per heavy atom. The van der Waals surface area contributed by atoms with Gasteiger partial charge in [0, 0.05) is 23.5 Å². The van der Waals surface area contributed by atoms with Gasteiger partial charge in [-0.1, -0.05) is 42.5 Å². The van der Waals surface area contributed by atoms with Crippen LogP contribution < -0.4 is 4.90 Å². The smallest absolute Gasteiger partial charge is 0.252 e. The average Bonchev–Trinajstić information content (AvgIpc) is 3.21. The fourth-order valence-electron chi connectivity index (χ4n) is 3.77. The Morgan fingerprint density at radius 1 is 1.03 bits per heavy atom. The lowest BCUT2D eigenvalue weighted by atomic mass is 10.1. The molecule has 0 N–H and O–H groups in total. The Labute approximate surface area is 176 Å². The largest absolute Gasteiger partial charge is 0.308 e. The predicted molar refractivity (Wildman–Crippen MR) is 117 cm³/mol. The van der Waals surface area contributed by atoms with E-state index in [0.29, 0.717) is 25.2 Å². The van der Waals surface area contributed by atoms with Gasteiger partial charge >= 0.3 is 0 Å². The summed E-state index contributed by atoms with van der Waals surface area (Å²) < 4.78 is 1.73. The second-order valence-corrected chi connectivity index (χ2v) is 7.54. The molecule has 6 nitrogen and oxygen atoms in total. The number of amides is 1. The summed E-state index contributed by atoms with van der Waals surface area (Å²) in [5.41, 5.74) is 6.07. The lowest BCUT2D eigenvalue weighted by molar-refractivity contribution is -0.118. The van der Waals surface area contributed by atoms with Gasteiger partial charge in [-0.25, -0.2) is 9.50 Å². The van der Waals surface area contributed by atoms with Crippen LogP contribution >= 0.6 is 0 Å². The molecule has 0 radical (unpaired) electrons. The van der Waals surface area contributed by atoms with E-state index >= 15 is 0 Å². The van der Waals surface area contributed by atoms with Crippen molar-refractivity contribution in [3.8, 4) is 0 Å². The fourth-order valence-corrected chi connectivity index (χ4v) is 3.77. The van der Waals surface area contributed by atoms with Crippen molar-refractivity contribution in [1.29, 1.82) is 0 Å². The number of anilines is 1. The molecule has 2 aromatic heterocycles. The van der Waals surface area contributed by atoms with Crippen LogP contribution in [0.4, 0.5) is 5.69 Å². The summed E-state index contributed by atoms with van der Waals surface area (Å²) in [4.78, 5) is 23.9. The number of aryl methyl sites for hydroxylation is 3. The van der Waals surface area contributed by atoms with Crippen LogP contribution in [0.5, 0.6) is 0 Å². The van der Waals surface area contributed by atoms with Gasteiger partial charge in [-0.2, -0.15) is 10.1 Å². The quantitative estimate of drug-likeness (QED) is 0.487. The van der Waals surface area contributed by atoms with E-state index in [4.69, 9.17) is 0 Å². The number of hydrogen-bond donors (Lipinski definition) is 0. The maximum atomic E-state index is 13.3. The van der Waals surface area contributed by atoms with Gasteiger partial charge in [-0.15, -0.1) is 0 Å². The van der Waals surface area contributed by atoms with Crippen LogP contribution in [0, 0.1) is 20.8 Å². The van der Waals surface area contributed by atoms with Crippen molar-refractivity contribution in [3.05, 3.63) is 89.0 Å². The maximum Gasteiger partial charge on any atom is 0.252 e. The van der Waals surface area contributed by atoms with E-state index in [2.05, 4.69) is 21.1 Å². The lowest BCUT2D eigenvalue weighted by Gasteiger charge is -2.24. The van der Waals surface area contributed by atoms with E-state index in [1.54, 1.807) is 4.52 Å². The molecule has 1 amide bonds. The topological polar surface area (TPSA) is 63.4 Å². The Bertz CT molecular complexity index is 1180. The molecular weight excluding hydrogens is 374 g/mol. The van der Waals surface area contributed by atoms with Gasteiger partial charge in [0.25, 0.3) is 5.78 Å². The molecule has 0 aliphatic heterocycles. The first kappa shape index (κ1) is 19.8. The normalized spacial score (nSPS) is 11.0. The van der Waals surface area contributed by atoms with Crippen LogP contribution in [0.2, 0.25) is 0 Å². The van der Waals surface area contributed by atoms with Crippen molar-refractivity contribution in [2.45, 2.75) is 40.2 Å². The molecular formula is C24H25N5O. The molecule has 2 aromatic carbocycles. The number of rotatable bonds is 6. The zero-order chi connectivity index (χ0) is 21.1. The standard InChI is InChI=1S/C24H25N5O/c1-17-8-7-11-21(14-17)28(15-20-9-5-4-6-10-20)23(30)13-12-22-18(2)27-24-25-16-26-29(24)19(22)3/h4-11,14,16H,12-13,15H2,1-3H3. The first-order chi connectivity index (χ1) is 14.5. The summed E-state index contributed by atoms with van der Waals surface area (Å²) in [6, 6.07) is 18.2. The van der Waals surface area contributed by atoms with Gasteiger partial charge in [0.1, 0.15) is 6.33 Å². The highest BCUT2D eigenvalue weighted by Crippen LogP contribution is 2.22. The molecule has 0 fully saturated rings. The second-order valence-electron chi connectivity index (χ2n) is 7.54. The van der Waals surface area contributed by atoms with Gasteiger partial charge in [-0.05, 0) is 56.0 Å². The Balaban J connectivity index is 1.59. The third-order valence-electron chi connectivity index (χ3n) is 5.38. The second kappa shape index (κ2) is 8.45. The van der Waals surface area contributed by atoms with Crippen molar-refractivity contribution < 1.29 is 4.79 Å². The van der Waals surface area contributed by atoms with E-state index in [1.807, 2.05) is 74.2 Å². The summed E-state index contributed by atoms with van der Waals surface area (Å²) in [5.74, 6) is 0.674. The molecule has 2 heterocycles. The van der Waals surface area contributed by atoms with Crippen LogP contribution in [-0.2, 0) is 17.8 Å². The Morgan fingerprint density at radius 2 is 1.83 bits per heavy atom. The molecule has 0 unspecified atom stereocenters. The number of fused-ring (bicyclic) bond motifs is 1. The molecule has 4 rings (SSSR count). The van der Waals surface area contributed by atoms with Gasteiger partial charge in [0.2, 0.25) is 5.91 Å². The van der Waals surface area contributed by atoms with Crippen LogP contribution in [0.1, 0.15) is 34.5 Å². The van der Waals surface area contributed by atoms with Crippen molar-refractivity contribution in [1.82, 2.24) is 19.6 Å². The minimum absolute atomic E-state index is 0.0851. The minimum Gasteiger partial charge on any atom is -0.308 e. The molecule has 0 saturated carbocycles. The van der Waals surface area contributed by atoms with Gasteiger partial charge in [0.15, 0.2) is 0 Å². The lowest BCUT2D eigenvalue weighted by Crippen LogP contribution is -2.30. The number of carbonyl (C=O) groups excluding carboxylic acids is 1. The molecule has 0 aliphatic rings. The van der Waals surface area contributed by atoms with E-state index < -0.39 is 0 Å². The highest BCUT2D eigenvalue weighted by molar-refractivity contribution is 5.93. The number of nitrogens with zero attached hydrogens (tertiary/aromatic N) is 5. The summed E-state index contributed by atoms with van der Waals surface area (Å²) in [6.07, 6.45) is 2.50. The van der Waals surface area contributed by atoms with Gasteiger partial charge in [-0.3, -0.25) is 4.79 Å². The molecule has 4 aromatic rings. The SMILES string of the molecule is Cc1cccc(N(Cc2ccccc2)C(=O)CCc2c(C)nc3ncnn3c2C)c1. The fraction of sp³-hybridized carbons (Fsp3) is 0.250. The van der Waals surface area contributed by atoms with Crippen molar-refractivity contribution >= 4 is 17.4 Å². The third kappa shape index (κ3) is 4.08. The van der Waals surface area contributed by atoms with Crippen LogP contribution in [0.3, 0.4) is 0 Å². The Hall–Kier alpha value is -3.54. The minimum atomic E-state index is 0.0851. The van der Waals surface area contributed by atoms with E-state index in [1.165, 1.54) is 6.33 Å². The molecule has 0 spiro atoms. The van der Waals surface area contributed by atoms with Gasteiger partial charge in [0.05, 0.1) is 6.54 Å². The molecule has 0 saturated heterocycles. The van der Waals surface area contributed by atoms with Crippen molar-refractivity contribution in [2.24, 2.45) is 0 Å². The van der Waals surface area contributed by atoms with Crippen molar-refractivity contribution in [2.75, 3.05) is 4.90 Å². The van der Waals surface area contributed by atoms with E-state index in [9.17, 15) is 4.79 Å². The van der Waals surface area contributed by atoms with E-state index in [0.717, 1.165) is 33.8 Å². The third-order valence-corrected chi connectivity index (χ3v) is 5.38. The summed E-state index contributed by atoms with van der Waals surface area (Å²) >= 11 is 0. The molecule has 6 heteroatoms. The van der Waals surface area contributed by atoms with Crippen LogP contribution in [-0.4, -0.2) is 25.5 Å². The average molecular weight is 399 g/mol. The molecule has 0 aliphatic carbocycles. The van der Waals surface area contributed by atoms with Crippen LogP contribution in [0.15, 0.2) is 60.9 Å². The predicted octanol–water partition coefficient (Wildman–Crippen LogP) is 4.22. The van der Waals surface area contributed by atoms with Crippen LogP contribution in [0.25, 0.3) is 5.78 Å². The molecule has 152 valence electrons. The first-order valence-corrected chi connectivity index (χ1v) is 10.1. The summed E-state index contributed by atoms with van der Waals surface area (Å²) in [7, 11) is 0. The number of hydrogen-bond acceptors (Lipinski definition) is 4. The highest BCUT2D eigenvalue weighted by atomic mass is 16.2. The first-order valence-electron chi connectivity index (χ1n) is 10.1. The van der Waals surface area contributed by atoms with Crippen molar-refractivity contribution in [3.63, 3.8) is 0 Å². The Kier molecular flexibility index (Phi) is 5.57. The highest BCUT2D eigenvalue weighted by Gasteiger charge is 2.19. The maximum absolute atomic E-state index is 13.3. The van der Waals surface area contributed by atoms with Gasteiger partial charge < -0.3 is 4.90 Å². The number of aromatic nitrogens is 4. The number of benzene rings is 2. The summed E-state index contributed by atoms with van der Waals surface area (Å²) in [5, 5.41) is 4.24. The monoisotopic (exact) mass is 399 g/mol. The zero-order valence-electron chi connectivity index (χ0n) is 17.5. The summed E-state index contributed by atoms with van der Waals surface area (Å²) in [6.45, 7) is 6.55. The van der Waals surface area contributed by atoms with E-state index in [-0.39, 0.29) is 5.91 Å². The molecule has 0 atom stereocenters. The zero-order valence-corrected chi connectivity index (χ0v) is 17.5. The number of carbonyl (C=O) groups is 1. The molecule has 30 heavy (non-hydrogen) atoms.